The largest absolute Gasteiger partial charge is 0.457 e. The number of ether oxygens (including phenoxy) is 4. The van der Waals surface area contributed by atoms with Crippen LogP contribution in [-0.2, 0) is 33.0 Å². The number of carbonyl (C=O) groups excluding carboxylic acids is 4. The number of allylic oxidation sites excluding steroid dienone is 10. The van der Waals surface area contributed by atoms with Gasteiger partial charge in [-0.1, -0.05) is 185 Å². The fourth-order valence-electron chi connectivity index (χ4n) is 14.4. The van der Waals surface area contributed by atoms with Crippen molar-refractivity contribution in [3.05, 3.63) is 156 Å². The predicted octanol–water partition coefficient (Wildman–Crippen LogP) is 16.0. The van der Waals surface area contributed by atoms with Crippen LogP contribution in [-0.4, -0.2) is 190 Å². The third-order valence-corrected chi connectivity index (χ3v) is 26.9. The number of hydrogen-bond acceptors (Lipinski definition) is 16. The minimum atomic E-state index is -2.28. The molecule has 2 saturated heterocycles. The summed E-state index contributed by atoms with van der Waals surface area (Å²) in [7, 11) is -2.28. The molecule has 0 radical (unpaired) electrons. The molecule has 2 amide bonds. The van der Waals surface area contributed by atoms with E-state index < -0.39 is 74.3 Å². The molecular formula is C84H128N6O12Si. The molecule has 6 heterocycles. The van der Waals surface area contributed by atoms with E-state index in [0.29, 0.717) is 44.7 Å². The third kappa shape index (κ3) is 27.2. The molecule has 0 aromatic carbocycles. The highest BCUT2D eigenvalue weighted by Gasteiger charge is 2.43. The maximum Gasteiger partial charge on any atom is 0.410 e. The van der Waals surface area contributed by atoms with Gasteiger partial charge in [-0.05, 0) is 145 Å². The Bertz CT molecular complexity index is 3180. The smallest absolute Gasteiger partial charge is 0.410 e. The molecule has 8 rings (SSSR count). The number of pyridine rings is 2. The third-order valence-electron chi connectivity index (χ3n) is 22.3. The molecule has 0 bridgehead atoms. The van der Waals surface area contributed by atoms with Crippen molar-refractivity contribution in [2.24, 2.45) is 11.8 Å². The van der Waals surface area contributed by atoms with Crippen molar-refractivity contribution in [3.63, 3.8) is 0 Å². The van der Waals surface area contributed by atoms with Gasteiger partial charge in [-0.3, -0.25) is 29.4 Å². The predicted molar refractivity (Wildman–Crippen MR) is 413 cm³/mol. The van der Waals surface area contributed by atoms with Crippen LogP contribution in [0.1, 0.15) is 215 Å². The lowest BCUT2D eigenvalue weighted by Gasteiger charge is -2.41. The number of carbonyl (C=O) groups is 4. The highest BCUT2D eigenvalue weighted by Crippen LogP contribution is 2.40. The maximum absolute atomic E-state index is 13.7. The van der Waals surface area contributed by atoms with Crippen molar-refractivity contribution in [1.82, 2.24) is 29.6 Å². The zero-order valence-electron chi connectivity index (χ0n) is 64.7. The quantitative estimate of drug-likeness (QED) is 0.0356. The zero-order chi connectivity index (χ0) is 74.7. The van der Waals surface area contributed by atoms with E-state index in [4.69, 9.17) is 23.4 Å². The van der Waals surface area contributed by atoms with Gasteiger partial charge in [0.1, 0.15) is 23.4 Å². The molecule has 103 heavy (non-hydrogen) atoms. The number of aliphatic hydroxyl groups excluding tert-OH is 1. The summed E-state index contributed by atoms with van der Waals surface area (Å²) in [5.74, 6) is -1.06. The highest BCUT2D eigenvalue weighted by atomic mass is 28.4. The van der Waals surface area contributed by atoms with Gasteiger partial charge in [0.25, 0.3) is 0 Å². The number of aromatic nitrogens is 2. The average Bonchev–Trinajstić information content (AvgIpc) is 0.927. The standard InChI is InChI=1S/C45H71N3O6Si.C39H57N3O6/c1-34(39-23-17-18-28-46-39)19-13-12-14-20-35(2)42-36(3)24-25-40(52-43(50)48-31-29-47(30-32-48)37-21-15-10-11-16-22-37)45(7,51)27-26-38(33-41(49)53-42)54-55(8,9)44(4,5)6;1-29(34-18-12-13-23-40-34)14-8-7-9-15-30(2)37-31(3)19-20-35(39(4,46)22-21-33(43)28-36(44)48-37)47-38(45)42-26-24-41(25-27-42)32-16-10-5-6-11-17-32/h12-14,17-20,23-25,28,34,36-38,40,42,51H,10-11,15-16,21-22,26-27,29-33H2,1-9H3;7-9,12-15,18-20,23,29,31-33,35,37,43,46H,5-6,10-11,16-17,21-22,24-28H2,1-4H3/b14-12+,19-13+,25-24+,35-20+;9-7+,14-8+,20-19+,30-15+/t34-,36+,38-,40+,42-,45-;29-,31+,33-,35+,37-,39-/m11/s1. The number of cyclic esters (lactones) is 2. The van der Waals surface area contributed by atoms with Gasteiger partial charge in [0.05, 0.1) is 25.0 Å². The van der Waals surface area contributed by atoms with Crippen molar-refractivity contribution < 1.29 is 57.9 Å². The number of rotatable bonds is 16. The van der Waals surface area contributed by atoms with Crippen molar-refractivity contribution >= 4 is 32.4 Å². The Labute approximate surface area is 619 Å². The van der Waals surface area contributed by atoms with E-state index in [0.717, 1.165) is 48.7 Å². The Morgan fingerprint density at radius 3 is 1.36 bits per heavy atom. The summed E-state index contributed by atoms with van der Waals surface area (Å²) in [6.45, 7) is 31.9. The Balaban J connectivity index is 0.000000291. The van der Waals surface area contributed by atoms with E-state index in [1.807, 2.05) is 125 Å². The van der Waals surface area contributed by atoms with Crippen molar-refractivity contribution in [2.75, 3.05) is 52.4 Å². The SMILES string of the molecule is C\C(=C/C=C/C=C/[C@@H](C)c1ccccn1)[C@H]1OC(=O)C[C@H](O)CC[C@@](C)(O)[C@@H](OC(=O)N2CCN(C3CCCCCC3)CC2)/C=C/[C@@H]1C.C\C(=C/C=C/C=C/[C@@H](C)c1ccccn1)[C@H]1OC(=O)C[C@H](O[Si](C)(C)C(C)(C)C)CC[C@@](C)(O)[C@@H](OC(=O)N2CCN(C3CCCCCC3)CC2)/C=C/[C@@H]1C. The summed E-state index contributed by atoms with van der Waals surface area (Å²) < 4.78 is 31.1. The molecule has 2 aliphatic carbocycles. The van der Waals surface area contributed by atoms with E-state index in [2.05, 4.69) is 79.6 Å². The van der Waals surface area contributed by atoms with Crippen molar-refractivity contribution in [2.45, 2.75) is 282 Å². The first-order valence-electron chi connectivity index (χ1n) is 38.8. The zero-order valence-corrected chi connectivity index (χ0v) is 65.7. The normalized spacial score (nSPS) is 29.7. The van der Waals surface area contributed by atoms with E-state index in [1.54, 1.807) is 48.2 Å². The van der Waals surface area contributed by atoms with Crippen LogP contribution >= 0.6 is 0 Å². The van der Waals surface area contributed by atoms with Crippen LogP contribution in [0.3, 0.4) is 0 Å². The summed E-state index contributed by atoms with van der Waals surface area (Å²) >= 11 is 0. The Morgan fingerprint density at radius 2 is 0.971 bits per heavy atom. The topological polar surface area (TPSA) is 214 Å². The lowest BCUT2D eigenvalue weighted by molar-refractivity contribution is -0.152. The minimum absolute atomic E-state index is 0.0719. The van der Waals surface area contributed by atoms with E-state index in [1.165, 1.54) is 77.0 Å². The molecule has 2 aromatic heterocycles. The monoisotopic (exact) mass is 1440 g/mol. The summed E-state index contributed by atoms with van der Waals surface area (Å²) in [4.78, 5) is 71.1. The van der Waals surface area contributed by atoms with Crippen LogP contribution in [0.15, 0.2) is 145 Å². The van der Waals surface area contributed by atoms with Gasteiger partial charge >= 0.3 is 24.1 Å². The van der Waals surface area contributed by atoms with Gasteiger partial charge in [-0.25, -0.2) is 9.59 Å². The average molecular weight is 1440 g/mol. The van der Waals surface area contributed by atoms with Crippen LogP contribution in [0, 0.1) is 11.8 Å². The molecule has 6 aliphatic rings. The number of hydrogen-bond donors (Lipinski definition) is 3. The van der Waals surface area contributed by atoms with Crippen molar-refractivity contribution in [3.8, 4) is 0 Å². The van der Waals surface area contributed by atoms with Gasteiger partial charge in [0.2, 0.25) is 0 Å². The lowest BCUT2D eigenvalue weighted by atomic mass is 9.89. The first-order chi connectivity index (χ1) is 49.0. The van der Waals surface area contributed by atoms with Gasteiger partial charge in [0.15, 0.2) is 20.5 Å². The molecule has 12 atom stereocenters. The van der Waals surface area contributed by atoms with Crippen LogP contribution in [0.25, 0.3) is 0 Å². The molecule has 2 aromatic rings. The van der Waals surface area contributed by atoms with Crippen LogP contribution < -0.4 is 0 Å². The Morgan fingerprint density at radius 1 is 0.573 bits per heavy atom. The highest BCUT2D eigenvalue weighted by molar-refractivity contribution is 6.74. The molecule has 4 fully saturated rings. The molecular weight excluding hydrogens is 1310 g/mol. The van der Waals surface area contributed by atoms with E-state index in [9.17, 15) is 34.5 Å². The van der Waals surface area contributed by atoms with Crippen LogP contribution in [0.2, 0.25) is 18.1 Å². The Hall–Kier alpha value is -6.32. The van der Waals surface area contributed by atoms with Gasteiger partial charge < -0.3 is 48.5 Å². The number of aliphatic hydroxyl groups is 3. The summed E-state index contributed by atoms with van der Waals surface area (Å²) in [5, 5.41) is 34.1. The molecule has 0 spiro atoms. The first kappa shape index (κ1) is 83.9. The second-order valence-electron chi connectivity index (χ2n) is 32.1. The molecule has 570 valence electrons. The first-order valence-corrected chi connectivity index (χ1v) is 41.7. The van der Waals surface area contributed by atoms with Gasteiger partial charge in [-0.15, -0.1) is 0 Å². The molecule has 4 aliphatic heterocycles. The fraction of sp³-hybridized carbons (Fsp3) is 0.643. The number of amides is 2. The Kier molecular flexibility index (Phi) is 33.4. The molecule has 3 N–H and O–H groups in total. The summed E-state index contributed by atoms with van der Waals surface area (Å²) in [6, 6.07) is 13.0. The molecule has 19 heteroatoms. The molecule has 2 saturated carbocycles. The molecule has 0 unspecified atom stereocenters. The summed E-state index contributed by atoms with van der Waals surface area (Å²) in [6.07, 6.45) is 41.5. The van der Waals surface area contributed by atoms with Gasteiger partial charge in [-0.2, -0.15) is 0 Å². The maximum atomic E-state index is 13.7. The van der Waals surface area contributed by atoms with E-state index >= 15 is 0 Å². The van der Waals surface area contributed by atoms with Crippen molar-refractivity contribution in [1.29, 1.82) is 0 Å². The van der Waals surface area contributed by atoms with Crippen LogP contribution in [0.5, 0.6) is 0 Å². The number of piperazine rings is 2. The number of esters is 2. The molecule has 18 nitrogen and oxygen atoms in total. The van der Waals surface area contributed by atoms with Crippen LogP contribution in [0.4, 0.5) is 9.59 Å². The number of nitrogens with zero attached hydrogens (tertiary/aromatic N) is 6. The fourth-order valence-corrected chi connectivity index (χ4v) is 15.8. The lowest BCUT2D eigenvalue weighted by Crippen LogP contribution is -2.53. The second kappa shape index (κ2) is 41.0. The van der Waals surface area contributed by atoms with Gasteiger partial charge in [0, 0.05) is 112 Å². The second-order valence-corrected chi connectivity index (χ2v) is 36.8. The summed E-state index contributed by atoms with van der Waals surface area (Å²) in [5.41, 5.74) is 0.854. The minimum Gasteiger partial charge on any atom is -0.457 e. The van der Waals surface area contributed by atoms with E-state index in [-0.39, 0.29) is 66.8 Å².